The largest absolute Gasteiger partial charge is 0.501 e. The van der Waals surface area contributed by atoms with E-state index in [2.05, 4.69) is 48.5 Å². The third-order valence-electron chi connectivity index (χ3n) is 5.64. The molecule has 1 heterocycles. The molecule has 2 aromatic rings. The number of halogens is 1. The minimum atomic E-state index is -0.688. The molecule has 3 N–H and O–H groups in total. The fourth-order valence-electron chi connectivity index (χ4n) is 3.83. The summed E-state index contributed by atoms with van der Waals surface area (Å²) in [6.07, 6.45) is 2.32. The lowest BCUT2D eigenvalue weighted by Crippen LogP contribution is -2.39. The SMILES string of the molecule is CCC(C(C)CNCCn1cnc(C(=O)NCc2ccc(F)c(C)c2)c(O)c1=O)N(C)C. The van der Waals surface area contributed by atoms with Crippen LogP contribution in [0.25, 0.3) is 0 Å². The van der Waals surface area contributed by atoms with Crippen molar-refractivity contribution < 1.29 is 14.3 Å². The zero-order valence-electron chi connectivity index (χ0n) is 19.5. The molecule has 0 aliphatic carbocycles. The molecule has 1 aromatic heterocycles. The second kappa shape index (κ2) is 11.7. The molecular weight excluding hydrogens is 413 g/mol. The summed E-state index contributed by atoms with van der Waals surface area (Å²) in [7, 11) is 4.13. The van der Waals surface area contributed by atoms with Crippen molar-refractivity contribution in [1.29, 1.82) is 0 Å². The molecule has 2 rings (SSSR count). The van der Waals surface area contributed by atoms with Gasteiger partial charge in [-0.1, -0.05) is 26.0 Å². The van der Waals surface area contributed by atoms with E-state index in [1.807, 2.05) is 0 Å². The van der Waals surface area contributed by atoms with Crippen molar-refractivity contribution in [1.82, 2.24) is 25.1 Å². The molecule has 0 radical (unpaired) electrons. The number of hydrogen-bond acceptors (Lipinski definition) is 6. The Bertz CT molecular complexity index is 977. The summed E-state index contributed by atoms with van der Waals surface area (Å²) in [5.74, 6) is -1.24. The molecule has 8 nitrogen and oxygen atoms in total. The van der Waals surface area contributed by atoms with Gasteiger partial charge in [-0.3, -0.25) is 14.2 Å². The Kier molecular flexibility index (Phi) is 9.34. The Labute approximate surface area is 188 Å². The molecule has 0 bridgehead atoms. The van der Waals surface area contributed by atoms with E-state index in [1.165, 1.54) is 17.0 Å². The summed E-state index contributed by atoms with van der Waals surface area (Å²) in [6, 6.07) is 4.97. The first kappa shape index (κ1) is 25.5. The van der Waals surface area contributed by atoms with Crippen molar-refractivity contribution in [2.75, 3.05) is 27.2 Å². The van der Waals surface area contributed by atoms with Gasteiger partial charge >= 0.3 is 0 Å². The summed E-state index contributed by atoms with van der Waals surface area (Å²) in [5.41, 5.74) is 0.168. The molecule has 0 spiro atoms. The van der Waals surface area contributed by atoms with Crippen LogP contribution in [0.1, 0.15) is 41.9 Å². The third kappa shape index (κ3) is 6.61. The topological polar surface area (TPSA) is 99.5 Å². The quantitative estimate of drug-likeness (QED) is 0.455. The number of aromatic hydroxyl groups is 1. The normalized spacial score (nSPS) is 13.2. The van der Waals surface area contributed by atoms with Gasteiger partial charge in [0.2, 0.25) is 5.75 Å². The number of amides is 1. The van der Waals surface area contributed by atoms with Gasteiger partial charge < -0.3 is 20.6 Å². The minimum absolute atomic E-state index is 0.123. The molecule has 0 saturated carbocycles. The monoisotopic (exact) mass is 447 g/mol. The van der Waals surface area contributed by atoms with Crippen LogP contribution in [-0.2, 0) is 13.1 Å². The number of hydrogen-bond donors (Lipinski definition) is 3. The van der Waals surface area contributed by atoms with Crippen molar-refractivity contribution >= 4 is 5.91 Å². The fourth-order valence-corrected chi connectivity index (χ4v) is 3.83. The standard InChI is InChI=1S/C23H34FN5O3/c1-6-19(28(4)5)16(3)12-25-9-10-29-14-27-20(21(30)23(29)32)22(31)26-13-17-7-8-18(24)15(2)11-17/h7-8,11,14,16,19,25,30H,6,9-10,12-13H2,1-5H3,(H,26,31). The first-order valence-corrected chi connectivity index (χ1v) is 10.8. The van der Waals surface area contributed by atoms with Gasteiger partial charge in [0.15, 0.2) is 5.69 Å². The van der Waals surface area contributed by atoms with Crippen molar-refractivity contribution in [3.63, 3.8) is 0 Å². The highest BCUT2D eigenvalue weighted by molar-refractivity contribution is 5.94. The molecule has 0 fully saturated rings. The molecule has 9 heteroatoms. The summed E-state index contributed by atoms with van der Waals surface area (Å²) in [4.78, 5) is 31.0. The Morgan fingerprint density at radius 3 is 2.69 bits per heavy atom. The van der Waals surface area contributed by atoms with Gasteiger partial charge in [-0.2, -0.15) is 0 Å². The van der Waals surface area contributed by atoms with Gasteiger partial charge in [0.1, 0.15) is 5.82 Å². The van der Waals surface area contributed by atoms with Crippen LogP contribution in [0.3, 0.4) is 0 Å². The average Bonchev–Trinajstić information content (AvgIpc) is 2.75. The molecular formula is C23H34FN5O3. The van der Waals surface area contributed by atoms with Crippen LogP contribution < -0.4 is 16.2 Å². The van der Waals surface area contributed by atoms with Crippen molar-refractivity contribution in [3.05, 3.63) is 57.5 Å². The number of carbonyl (C=O) groups excluding carboxylic acids is 1. The van der Waals surface area contributed by atoms with Crippen LogP contribution in [0.2, 0.25) is 0 Å². The van der Waals surface area contributed by atoms with Crippen LogP contribution in [0.15, 0.2) is 29.3 Å². The zero-order chi connectivity index (χ0) is 23.8. The maximum absolute atomic E-state index is 13.4. The maximum Gasteiger partial charge on any atom is 0.296 e. The van der Waals surface area contributed by atoms with Crippen molar-refractivity contribution in [2.24, 2.45) is 5.92 Å². The summed E-state index contributed by atoms with van der Waals surface area (Å²) in [6.45, 7) is 7.75. The lowest BCUT2D eigenvalue weighted by atomic mass is 9.98. The number of carbonyl (C=O) groups is 1. The van der Waals surface area contributed by atoms with E-state index in [0.717, 1.165) is 13.0 Å². The predicted molar refractivity (Wildman–Crippen MR) is 122 cm³/mol. The van der Waals surface area contributed by atoms with Crippen LogP contribution >= 0.6 is 0 Å². The second-order valence-electron chi connectivity index (χ2n) is 8.33. The van der Waals surface area contributed by atoms with Crippen LogP contribution in [-0.4, -0.2) is 58.7 Å². The van der Waals surface area contributed by atoms with E-state index in [1.54, 1.807) is 19.1 Å². The molecule has 2 unspecified atom stereocenters. The highest BCUT2D eigenvalue weighted by Gasteiger charge is 2.19. The highest BCUT2D eigenvalue weighted by Crippen LogP contribution is 2.12. The molecule has 32 heavy (non-hydrogen) atoms. The van der Waals surface area contributed by atoms with Gasteiger partial charge in [-0.05, 0) is 57.1 Å². The van der Waals surface area contributed by atoms with E-state index < -0.39 is 17.2 Å². The molecule has 1 aromatic carbocycles. The smallest absolute Gasteiger partial charge is 0.296 e. The molecule has 2 atom stereocenters. The number of nitrogens with one attached hydrogen (secondary N) is 2. The third-order valence-corrected chi connectivity index (χ3v) is 5.64. The van der Waals surface area contributed by atoms with Crippen LogP contribution in [0.5, 0.6) is 5.75 Å². The fraction of sp³-hybridized carbons (Fsp3) is 0.522. The predicted octanol–water partition coefficient (Wildman–Crippen LogP) is 1.89. The molecule has 0 aliphatic rings. The summed E-state index contributed by atoms with van der Waals surface area (Å²) >= 11 is 0. The molecule has 176 valence electrons. The lowest BCUT2D eigenvalue weighted by molar-refractivity contribution is 0.0942. The number of benzene rings is 1. The Balaban J connectivity index is 1.92. The number of nitrogens with zero attached hydrogens (tertiary/aromatic N) is 3. The Hall–Kier alpha value is -2.78. The Morgan fingerprint density at radius 2 is 2.06 bits per heavy atom. The van der Waals surface area contributed by atoms with Gasteiger partial charge in [-0.25, -0.2) is 9.37 Å². The maximum atomic E-state index is 13.4. The van der Waals surface area contributed by atoms with E-state index in [0.29, 0.717) is 36.2 Å². The lowest BCUT2D eigenvalue weighted by Gasteiger charge is -2.29. The Morgan fingerprint density at radius 1 is 1.34 bits per heavy atom. The summed E-state index contributed by atoms with van der Waals surface area (Å²) < 4.78 is 14.6. The number of aryl methyl sites for hydroxylation is 1. The van der Waals surface area contributed by atoms with E-state index in [4.69, 9.17) is 0 Å². The molecule has 0 saturated heterocycles. The van der Waals surface area contributed by atoms with Gasteiger partial charge in [0.25, 0.3) is 11.5 Å². The van der Waals surface area contributed by atoms with Crippen LogP contribution in [0.4, 0.5) is 4.39 Å². The molecule has 0 aliphatic heterocycles. The van der Waals surface area contributed by atoms with Crippen LogP contribution in [0, 0.1) is 18.7 Å². The highest BCUT2D eigenvalue weighted by atomic mass is 19.1. The first-order valence-electron chi connectivity index (χ1n) is 10.8. The second-order valence-corrected chi connectivity index (χ2v) is 8.33. The molecule has 1 amide bonds. The summed E-state index contributed by atoms with van der Waals surface area (Å²) in [5, 5.41) is 16.1. The van der Waals surface area contributed by atoms with Gasteiger partial charge in [0, 0.05) is 25.7 Å². The van der Waals surface area contributed by atoms with E-state index >= 15 is 0 Å². The average molecular weight is 448 g/mol. The van der Waals surface area contributed by atoms with E-state index in [9.17, 15) is 19.1 Å². The number of rotatable bonds is 11. The van der Waals surface area contributed by atoms with E-state index in [-0.39, 0.29) is 18.1 Å². The van der Waals surface area contributed by atoms with Gasteiger partial charge in [-0.15, -0.1) is 0 Å². The first-order chi connectivity index (χ1) is 15.1. The number of aromatic nitrogens is 2. The zero-order valence-corrected chi connectivity index (χ0v) is 19.5. The van der Waals surface area contributed by atoms with Gasteiger partial charge in [0.05, 0.1) is 6.33 Å². The van der Waals surface area contributed by atoms with Crippen molar-refractivity contribution in [3.8, 4) is 5.75 Å². The minimum Gasteiger partial charge on any atom is -0.501 e. The van der Waals surface area contributed by atoms with Crippen molar-refractivity contribution in [2.45, 2.75) is 46.3 Å².